The maximum atomic E-state index is 12.2. The number of carbonyl (C=O) groups is 1. The van der Waals surface area contributed by atoms with E-state index in [1.807, 2.05) is 6.92 Å². The fraction of sp³-hybridized carbons (Fsp3) is 0.667. The predicted molar refractivity (Wildman–Crippen MR) is 69.8 cm³/mol. The Hall–Kier alpha value is -1.14. The van der Waals surface area contributed by atoms with Gasteiger partial charge in [0.15, 0.2) is 0 Å². The average Bonchev–Trinajstić information content (AvgIpc) is 2.58. The van der Waals surface area contributed by atoms with Crippen LogP contribution in [0, 0.1) is 6.92 Å². The average molecular weight is 270 g/mol. The summed E-state index contributed by atoms with van der Waals surface area (Å²) in [6, 6.07) is 0.249. The molecule has 5 nitrogen and oxygen atoms in total. The Morgan fingerprint density at radius 1 is 1.61 bits per heavy atom. The van der Waals surface area contributed by atoms with E-state index < -0.39 is 0 Å². The van der Waals surface area contributed by atoms with Gasteiger partial charge in [-0.25, -0.2) is 0 Å². The molecule has 1 aliphatic carbocycles. The Morgan fingerprint density at radius 3 is 2.78 bits per heavy atom. The van der Waals surface area contributed by atoms with Gasteiger partial charge >= 0.3 is 4.87 Å². The minimum atomic E-state index is -0.0987. The summed E-state index contributed by atoms with van der Waals surface area (Å²) >= 11 is 1.11. The zero-order valence-corrected chi connectivity index (χ0v) is 11.3. The van der Waals surface area contributed by atoms with Crippen LogP contribution in [0.2, 0.25) is 0 Å². The number of amides is 1. The number of aryl methyl sites for hydroxylation is 1. The molecule has 1 N–H and O–H groups in total. The molecule has 1 amide bonds. The van der Waals surface area contributed by atoms with Crippen molar-refractivity contribution in [1.29, 1.82) is 0 Å². The molecule has 2 rings (SSSR count). The molecule has 0 unspecified atom stereocenters. The van der Waals surface area contributed by atoms with Crippen LogP contribution in [0.25, 0.3) is 0 Å². The third-order valence-corrected chi connectivity index (χ3v) is 4.33. The van der Waals surface area contributed by atoms with Crippen LogP contribution in [0.15, 0.2) is 10.2 Å². The Labute approximate surface area is 110 Å². The second kappa shape index (κ2) is 5.67. The van der Waals surface area contributed by atoms with Gasteiger partial charge in [0.2, 0.25) is 5.91 Å². The topological polar surface area (TPSA) is 62.5 Å². The molecule has 100 valence electrons. The highest BCUT2D eigenvalue weighted by molar-refractivity contribution is 7.07. The second-order valence-corrected chi connectivity index (χ2v) is 5.45. The van der Waals surface area contributed by atoms with E-state index in [4.69, 9.17) is 5.11 Å². The molecular weight excluding hydrogens is 252 g/mol. The monoisotopic (exact) mass is 270 g/mol. The number of aromatic nitrogens is 1. The summed E-state index contributed by atoms with van der Waals surface area (Å²) < 4.78 is 1.50. The second-order valence-electron chi connectivity index (χ2n) is 4.62. The van der Waals surface area contributed by atoms with E-state index in [0.717, 1.165) is 36.3 Å². The van der Waals surface area contributed by atoms with Gasteiger partial charge in [-0.15, -0.1) is 0 Å². The molecule has 0 saturated heterocycles. The van der Waals surface area contributed by atoms with Crippen molar-refractivity contribution in [2.75, 3.05) is 13.2 Å². The fourth-order valence-corrected chi connectivity index (χ4v) is 2.87. The van der Waals surface area contributed by atoms with Crippen molar-refractivity contribution in [2.45, 2.75) is 38.8 Å². The molecule has 1 aromatic rings. The number of carbonyl (C=O) groups excluding carboxylic acids is 1. The van der Waals surface area contributed by atoms with E-state index in [0.29, 0.717) is 6.54 Å². The van der Waals surface area contributed by atoms with E-state index >= 15 is 0 Å². The first kappa shape index (κ1) is 13.3. The lowest BCUT2D eigenvalue weighted by molar-refractivity contribution is -0.136. The van der Waals surface area contributed by atoms with E-state index in [1.165, 1.54) is 4.57 Å². The highest BCUT2D eigenvalue weighted by Crippen LogP contribution is 2.24. The number of nitrogens with zero attached hydrogens (tertiary/aromatic N) is 2. The lowest BCUT2D eigenvalue weighted by Crippen LogP contribution is -2.47. The fourth-order valence-electron chi connectivity index (χ4n) is 2.14. The van der Waals surface area contributed by atoms with Crippen LogP contribution in [-0.4, -0.2) is 39.7 Å². The van der Waals surface area contributed by atoms with Crippen LogP contribution < -0.4 is 4.87 Å². The molecule has 1 saturated carbocycles. The van der Waals surface area contributed by atoms with Gasteiger partial charge in [-0.05, 0) is 26.2 Å². The standard InChI is InChI=1S/C12H18N2O3S/c1-9-8-18-12(17)14(9)7-11(16)13(5-6-15)10-3-2-4-10/h8,10,15H,2-7H2,1H3. The first-order valence-corrected chi connectivity index (χ1v) is 7.06. The molecule has 0 radical (unpaired) electrons. The Morgan fingerprint density at radius 2 is 2.33 bits per heavy atom. The van der Waals surface area contributed by atoms with Gasteiger partial charge < -0.3 is 10.0 Å². The number of thiazole rings is 1. The number of hydrogen-bond donors (Lipinski definition) is 1. The molecule has 1 heterocycles. The molecular formula is C12H18N2O3S. The maximum Gasteiger partial charge on any atom is 0.307 e. The van der Waals surface area contributed by atoms with Gasteiger partial charge in [-0.2, -0.15) is 0 Å². The molecule has 1 aliphatic rings. The Balaban J connectivity index is 2.07. The molecule has 6 heteroatoms. The van der Waals surface area contributed by atoms with Gasteiger partial charge in [0.25, 0.3) is 0 Å². The van der Waals surface area contributed by atoms with Crippen molar-refractivity contribution in [2.24, 2.45) is 0 Å². The van der Waals surface area contributed by atoms with Crippen LogP contribution >= 0.6 is 11.3 Å². The lowest BCUT2D eigenvalue weighted by atomic mass is 9.91. The van der Waals surface area contributed by atoms with Gasteiger partial charge in [0, 0.05) is 23.7 Å². The third kappa shape index (κ3) is 2.64. The Kier molecular flexibility index (Phi) is 4.19. The van der Waals surface area contributed by atoms with Crippen LogP contribution in [0.3, 0.4) is 0 Å². The molecule has 1 aromatic heterocycles. The molecule has 0 spiro atoms. The smallest absolute Gasteiger partial charge is 0.307 e. The quantitative estimate of drug-likeness (QED) is 0.852. The summed E-state index contributed by atoms with van der Waals surface area (Å²) in [5.41, 5.74) is 0.816. The largest absolute Gasteiger partial charge is 0.395 e. The first-order valence-electron chi connectivity index (χ1n) is 6.18. The summed E-state index contributed by atoms with van der Waals surface area (Å²) in [5.74, 6) is -0.0719. The van der Waals surface area contributed by atoms with Crippen LogP contribution in [0.5, 0.6) is 0 Å². The summed E-state index contributed by atoms with van der Waals surface area (Å²) in [7, 11) is 0. The molecule has 1 fully saturated rings. The number of aliphatic hydroxyl groups excluding tert-OH is 1. The van der Waals surface area contributed by atoms with Crippen LogP contribution in [0.4, 0.5) is 0 Å². The normalized spacial score (nSPS) is 15.4. The molecule has 18 heavy (non-hydrogen) atoms. The molecule has 0 aliphatic heterocycles. The third-order valence-electron chi connectivity index (χ3n) is 3.45. The first-order chi connectivity index (χ1) is 8.63. The minimum absolute atomic E-state index is 0.0280. The highest BCUT2D eigenvalue weighted by Gasteiger charge is 2.28. The summed E-state index contributed by atoms with van der Waals surface area (Å²) in [5, 5.41) is 10.8. The van der Waals surface area contributed by atoms with E-state index in [9.17, 15) is 9.59 Å². The predicted octanol–water partition coefficient (Wildman–Crippen LogP) is 0.592. The zero-order chi connectivity index (χ0) is 13.1. The lowest BCUT2D eigenvalue weighted by Gasteiger charge is -2.37. The summed E-state index contributed by atoms with van der Waals surface area (Å²) in [6.07, 6.45) is 3.14. The Bertz CT molecular complexity index is 476. The summed E-state index contributed by atoms with van der Waals surface area (Å²) in [4.78, 5) is 25.4. The number of hydrogen-bond acceptors (Lipinski definition) is 4. The molecule has 0 atom stereocenters. The highest BCUT2D eigenvalue weighted by atomic mass is 32.1. The van der Waals surface area contributed by atoms with Gasteiger partial charge in [-0.3, -0.25) is 14.2 Å². The van der Waals surface area contributed by atoms with Crippen molar-refractivity contribution in [3.05, 3.63) is 20.7 Å². The molecule has 0 bridgehead atoms. The number of rotatable bonds is 5. The summed E-state index contributed by atoms with van der Waals surface area (Å²) in [6.45, 7) is 2.25. The van der Waals surface area contributed by atoms with Crippen LogP contribution in [0.1, 0.15) is 25.0 Å². The van der Waals surface area contributed by atoms with Crippen molar-refractivity contribution in [1.82, 2.24) is 9.47 Å². The zero-order valence-electron chi connectivity index (χ0n) is 10.5. The van der Waals surface area contributed by atoms with Crippen LogP contribution in [-0.2, 0) is 11.3 Å². The van der Waals surface area contributed by atoms with Crippen molar-refractivity contribution >= 4 is 17.2 Å². The van der Waals surface area contributed by atoms with E-state index in [2.05, 4.69) is 0 Å². The van der Waals surface area contributed by atoms with Gasteiger partial charge in [-0.1, -0.05) is 11.3 Å². The van der Waals surface area contributed by atoms with E-state index in [1.54, 1.807) is 10.3 Å². The number of aliphatic hydroxyl groups is 1. The maximum absolute atomic E-state index is 12.2. The molecule has 0 aromatic carbocycles. The van der Waals surface area contributed by atoms with Crippen molar-refractivity contribution < 1.29 is 9.90 Å². The van der Waals surface area contributed by atoms with Crippen molar-refractivity contribution in [3.8, 4) is 0 Å². The van der Waals surface area contributed by atoms with Crippen molar-refractivity contribution in [3.63, 3.8) is 0 Å². The van der Waals surface area contributed by atoms with E-state index in [-0.39, 0.29) is 30.0 Å². The minimum Gasteiger partial charge on any atom is -0.395 e. The van der Waals surface area contributed by atoms with Gasteiger partial charge in [0.1, 0.15) is 6.54 Å². The SMILES string of the molecule is Cc1csc(=O)n1CC(=O)N(CCO)C1CCC1. The van der Waals surface area contributed by atoms with Gasteiger partial charge in [0.05, 0.1) is 6.61 Å².